The fraction of sp³-hybridized carbons (Fsp3) is 0.471. The fourth-order valence-electron chi connectivity index (χ4n) is 2.74. The van der Waals surface area contributed by atoms with Gasteiger partial charge in [-0.25, -0.2) is 0 Å². The number of carbonyl (C=O) groups excluding carboxylic acids is 2. The number of anilines is 1. The molecule has 0 spiro atoms. The first kappa shape index (κ1) is 18.6. The summed E-state index contributed by atoms with van der Waals surface area (Å²) in [5.41, 5.74) is 0.500. The first-order valence-electron chi connectivity index (χ1n) is 7.81. The number of aliphatic carboxylic acids is 1. The first-order valence-corrected chi connectivity index (χ1v) is 7.81. The van der Waals surface area contributed by atoms with Gasteiger partial charge in [-0.2, -0.15) is 0 Å². The van der Waals surface area contributed by atoms with E-state index in [4.69, 9.17) is 14.6 Å². The van der Waals surface area contributed by atoms with Crippen LogP contribution in [0.25, 0.3) is 0 Å². The summed E-state index contributed by atoms with van der Waals surface area (Å²) in [6.45, 7) is 0. The van der Waals surface area contributed by atoms with Gasteiger partial charge in [0.15, 0.2) is 11.5 Å². The maximum absolute atomic E-state index is 12.4. The second kappa shape index (κ2) is 7.42. The van der Waals surface area contributed by atoms with E-state index in [2.05, 4.69) is 5.32 Å². The third-order valence-electron chi connectivity index (χ3n) is 4.35. The zero-order valence-electron chi connectivity index (χ0n) is 14.7. The average Bonchev–Trinajstić information content (AvgIpc) is 2.51. The van der Waals surface area contributed by atoms with E-state index in [1.54, 1.807) is 14.1 Å². The highest BCUT2D eigenvalue weighted by Gasteiger charge is 2.41. The van der Waals surface area contributed by atoms with E-state index in [0.29, 0.717) is 24.3 Å². The maximum atomic E-state index is 12.4. The third-order valence-corrected chi connectivity index (χ3v) is 4.35. The molecule has 0 aromatic heterocycles. The van der Waals surface area contributed by atoms with Crippen molar-refractivity contribution >= 4 is 23.5 Å². The maximum Gasteiger partial charge on any atom is 0.307 e. The Bertz CT molecular complexity index is 701. The zero-order valence-corrected chi connectivity index (χ0v) is 14.7. The van der Waals surface area contributed by atoms with Crippen molar-refractivity contribution in [2.45, 2.75) is 12.8 Å². The van der Waals surface area contributed by atoms with Crippen molar-refractivity contribution in [3.63, 3.8) is 0 Å². The molecule has 0 saturated heterocycles. The van der Waals surface area contributed by atoms with Crippen molar-refractivity contribution < 1.29 is 29.0 Å². The van der Waals surface area contributed by atoms with E-state index in [1.807, 2.05) is 0 Å². The van der Waals surface area contributed by atoms with Gasteiger partial charge in [-0.1, -0.05) is 0 Å². The van der Waals surface area contributed by atoms with Crippen LogP contribution >= 0.6 is 0 Å². The molecule has 1 aliphatic carbocycles. The summed E-state index contributed by atoms with van der Waals surface area (Å²) in [6.07, 6.45) is 0.982. The third kappa shape index (κ3) is 3.67. The highest BCUT2D eigenvalue weighted by atomic mass is 16.5. The minimum Gasteiger partial charge on any atom is -0.493 e. The summed E-state index contributed by atoms with van der Waals surface area (Å²) >= 11 is 0. The van der Waals surface area contributed by atoms with Crippen molar-refractivity contribution in [3.8, 4) is 11.5 Å². The van der Waals surface area contributed by atoms with E-state index >= 15 is 0 Å². The van der Waals surface area contributed by atoms with Gasteiger partial charge in [-0.05, 0) is 18.9 Å². The average molecular weight is 350 g/mol. The molecule has 2 unspecified atom stereocenters. The zero-order chi connectivity index (χ0) is 18.7. The molecule has 1 fully saturated rings. The smallest absolute Gasteiger partial charge is 0.307 e. The van der Waals surface area contributed by atoms with Gasteiger partial charge >= 0.3 is 5.97 Å². The number of carboxylic acids is 1. The Labute approximate surface area is 145 Å². The molecule has 2 atom stereocenters. The largest absolute Gasteiger partial charge is 0.493 e. The Hall–Kier alpha value is -2.77. The van der Waals surface area contributed by atoms with E-state index in [9.17, 15) is 14.4 Å². The van der Waals surface area contributed by atoms with Crippen molar-refractivity contribution in [1.29, 1.82) is 0 Å². The fourth-order valence-corrected chi connectivity index (χ4v) is 2.74. The molecule has 1 aromatic carbocycles. The molecule has 25 heavy (non-hydrogen) atoms. The van der Waals surface area contributed by atoms with Gasteiger partial charge < -0.3 is 24.8 Å². The Kier molecular flexibility index (Phi) is 5.51. The summed E-state index contributed by atoms with van der Waals surface area (Å²) in [5, 5.41) is 11.8. The van der Waals surface area contributed by atoms with Crippen LogP contribution in [0.2, 0.25) is 0 Å². The van der Waals surface area contributed by atoms with Crippen LogP contribution in [-0.4, -0.2) is 56.1 Å². The molecule has 2 rings (SSSR count). The van der Waals surface area contributed by atoms with Gasteiger partial charge in [0.1, 0.15) is 0 Å². The molecule has 1 aliphatic rings. The predicted molar refractivity (Wildman–Crippen MR) is 90.0 cm³/mol. The number of carboxylic acid groups (broad SMARTS) is 1. The molecule has 2 amide bonds. The molecule has 136 valence electrons. The van der Waals surface area contributed by atoms with Crippen LogP contribution in [0.3, 0.4) is 0 Å². The minimum absolute atomic E-state index is 0.238. The van der Waals surface area contributed by atoms with Crippen LogP contribution in [0.4, 0.5) is 5.69 Å². The molecule has 1 aromatic rings. The lowest BCUT2D eigenvalue weighted by Gasteiger charge is -2.32. The summed E-state index contributed by atoms with van der Waals surface area (Å²) in [6, 6.07) is 2.99. The second-order valence-electron chi connectivity index (χ2n) is 6.07. The van der Waals surface area contributed by atoms with E-state index in [0.717, 1.165) is 0 Å². The normalized spacial score (nSPS) is 18.7. The van der Waals surface area contributed by atoms with Crippen LogP contribution in [0, 0.1) is 11.8 Å². The van der Waals surface area contributed by atoms with Gasteiger partial charge in [0.25, 0.3) is 5.91 Å². The van der Waals surface area contributed by atoms with Gasteiger partial charge in [0.05, 0.1) is 37.3 Å². The minimum atomic E-state index is -0.983. The molecule has 0 aliphatic heterocycles. The summed E-state index contributed by atoms with van der Waals surface area (Å²) < 4.78 is 10.4. The quantitative estimate of drug-likeness (QED) is 0.805. The predicted octanol–water partition coefficient (Wildman–Crippen LogP) is 1.45. The second-order valence-corrected chi connectivity index (χ2v) is 6.07. The number of rotatable bonds is 6. The first-order chi connectivity index (χ1) is 11.8. The Morgan fingerprint density at radius 1 is 1.08 bits per heavy atom. The number of ether oxygens (including phenoxy) is 2. The standard InChI is InChI=1S/C17H22N2O6/c1-19(2)16(21)11-7-13(24-3)14(25-4)8-12(11)18-15(20)9-5-6-10(9)17(22)23/h7-10H,5-6H2,1-4H3,(H,18,20)(H,22,23). The molecule has 8 nitrogen and oxygen atoms in total. The number of amides is 2. The number of hydrogen-bond donors (Lipinski definition) is 2. The van der Waals surface area contributed by atoms with E-state index in [-0.39, 0.29) is 17.2 Å². The molecule has 0 radical (unpaired) electrons. The van der Waals surface area contributed by atoms with E-state index in [1.165, 1.54) is 31.3 Å². The number of nitrogens with zero attached hydrogens (tertiary/aromatic N) is 1. The lowest BCUT2D eigenvalue weighted by molar-refractivity contribution is -0.151. The molecule has 0 bridgehead atoms. The highest BCUT2D eigenvalue weighted by molar-refractivity contribution is 6.05. The van der Waals surface area contributed by atoms with Gasteiger partial charge in [-0.15, -0.1) is 0 Å². The summed E-state index contributed by atoms with van der Waals surface area (Å²) in [4.78, 5) is 37.4. The number of benzene rings is 1. The van der Waals surface area contributed by atoms with Crippen LogP contribution in [0.5, 0.6) is 11.5 Å². The lowest BCUT2D eigenvalue weighted by atomic mass is 9.73. The topological polar surface area (TPSA) is 105 Å². The molecular formula is C17H22N2O6. The van der Waals surface area contributed by atoms with Gasteiger partial charge in [0.2, 0.25) is 5.91 Å². The van der Waals surface area contributed by atoms with Crippen molar-refractivity contribution in [2.75, 3.05) is 33.6 Å². The van der Waals surface area contributed by atoms with Gasteiger partial charge in [-0.3, -0.25) is 14.4 Å². The monoisotopic (exact) mass is 350 g/mol. The van der Waals surface area contributed by atoms with Crippen LogP contribution in [-0.2, 0) is 9.59 Å². The number of methoxy groups -OCH3 is 2. The summed E-state index contributed by atoms with van der Waals surface area (Å²) in [5.74, 6) is -2.29. The Morgan fingerprint density at radius 3 is 2.08 bits per heavy atom. The molecular weight excluding hydrogens is 328 g/mol. The lowest BCUT2D eigenvalue weighted by Crippen LogP contribution is -2.41. The van der Waals surface area contributed by atoms with E-state index < -0.39 is 23.7 Å². The number of hydrogen-bond acceptors (Lipinski definition) is 5. The Morgan fingerprint density at radius 2 is 1.64 bits per heavy atom. The highest BCUT2D eigenvalue weighted by Crippen LogP contribution is 2.37. The molecule has 8 heteroatoms. The molecule has 2 N–H and O–H groups in total. The van der Waals surface area contributed by atoms with Crippen molar-refractivity contribution in [2.24, 2.45) is 11.8 Å². The number of carbonyl (C=O) groups is 3. The molecule has 0 heterocycles. The Balaban J connectivity index is 2.36. The van der Waals surface area contributed by atoms with Crippen LogP contribution in [0.15, 0.2) is 12.1 Å². The van der Waals surface area contributed by atoms with Gasteiger partial charge in [0, 0.05) is 20.2 Å². The van der Waals surface area contributed by atoms with Crippen molar-refractivity contribution in [3.05, 3.63) is 17.7 Å². The molecule has 1 saturated carbocycles. The summed E-state index contributed by atoms with van der Waals surface area (Å²) in [7, 11) is 6.09. The number of nitrogens with one attached hydrogen (secondary N) is 1. The van der Waals surface area contributed by atoms with Crippen LogP contribution < -0.4 is 14.8 Å². The van der Waals surface area contributed by atoms with Crippen molar-refractivity contribution in [1.82, 2.24) is 4.90 Å². The van der Waals surface area contributed by atoms with Crippen LogP contribution in [0.1, 0.15) is 23.2 Å². The SMILES string of the molecule is COc1cc(NC(=O)C2CCC2C(=O)O)c(C(=O)N(C)C)cc1OC.